The second-order valence-electron chi connectivity index (χ2n) is 6.77. The van der Waals surface area contributed by atoms with Gasteiger partial charge in [0.05, 0.1) is 12.7 Å². The van der Waals surface area contributed by atoms with Gasteiger partial charge in [-0.05, 0) is 23.8 Å². The van der Waals surface area contributed by atoms with Gasteiger partial charge in [0.1, 0.15) is 17.6 Å². The molecule has 27 heavy (non-hydrogen) atoms. The summed E-state index contributed by atoms with van der Waals surface area (Å²) in [5.41, 5.74) is 1.25. The van der Waals surface area contributed by atoms with Gasteiger partial charge in [-0.25, -0.2) is 0 Å². The van der Waals surface area contributed by atoms with Crippen molar-refractivity contribution in [1.29, 1.82) is 0 Å². The fourth-order valence-electron chi connectivity index (χ4n) is 3.95. The van der Waals surface area contributed by atoms with Crippen molar-refractivity contribution >= 4 is 5.78 Å². The number of ketones is 1. The molecule has 3 aromatic carbocycles. The number of para-hydroxylation sites is 2. The van der Waals surface area contributed by atoms with Crippen molar-refractivity contribution in [2.75, 3.05) is 7.11 Å². The number of Topliss-reactive ketones (excluding diaryl/α,β-unsaturated/α-hetero) is 1. The first-order valence-corrected chi connectivity index (χ1v) is 8.92. The number of epoxide rings is 1. The van der Waals surface area contributed by atoms with Crippen LogP contribution in [0.15, 0.2) is 78.9 Å². The highest BCUT2D eigenvalue weighted by Crippen LogP contribution is 2.63. The topological polar surface area (TPSA) is 48.1 Å². The normalized spacial score (nSPS) is 25.6. The molecule has 1 fully saturated rings. The highest BCUT2D eigenvalue weighted by Gasteiger charge is 2.71. The van der Waals surface area contributed by atoms with Crippen molar-refractivity contribution in [2.24, 2.45) is 0 Å². The first kappa shape index (κ1) is 16.1. The largest absolute Gasteiger partial charge is 0.496 e. The third kappa shape index (κ3) is 2.30. The van der Waals surface area contributed by atoms with E-state index in [9.17, 15) is 4.79 Å². The van der Waals surface area contributed by atoms with Crippen molar-refractivity contribution in [3.05, 3.63) is 95.6 Å². The second-order valence-corrected chi connectivity index (χ2v) is 6.77. The van der Waals surface area contributed by atoms with Crippen LogP contribution in [0.2, 0.25) is 0 Å². The van der Waals surface area contributed by atoms with Gasteiger partial charge in [0.2, 0.25) is 11.4 Å². The molecule has 3 atom stereocenters. The minimum Gasteiger partial charge on any atom is -0.496 e. The average molecular weight is 358 g/mol. The summed E-state index contributed by atoms with van der Waals surface area (Å²) in [6.07, 6.45) is -0.935. The molecule has 4 heteroatoms. The molecule has 2 aliphatic rings. The predicted molar refractivity (Wildman–Crippen MR) is 100 cm³/mol. The van der Waals surface area contributed by atoms with E-state index in [4.69, 9.17) is 14.2 Å². The van der Waals surface area contributed by atoms with E-state index in [1.54, 1.807) is 13.2 Å². The molecule has 0 aliphatic carbocycles. The average Bonchev–Trinajstić information content (AvgIpc) is 3.47. The van der Waals surface area contributed by atoms with Crippen LogP contribution in [0.5, 0.6) is 11.5 Å². The molecular formula is C23H18O4. The van der Waals surface area contributed by atoms with Gasteiger partial charge in [-0.2, -0.15) is 0 Å². The molecule has 0 radical (unpaired) electrons. The van der Waals surface area contributed by atoms with E-state index in [0.29, 0.717) is 17.1 Å². The number of ether oxygens (including phenoxy) is 3. The van der Waals surface area contributed by atoms with E-state index < -0.39 is 17.8 Å². The molecule has 4 nitrogen and oxygen atoms in total. The van der Waals surface area contributed by atoms with Crippen molar-refractivity contribution in [3.63, 3.8) is 0 Å². The number of hydrogen-bond acceptors (Lipinski definition) is 4. The Morgan fingerprint density at radius 1 is 0.852 bits per heavy atom. The van der Waals surface area contributed by atoms with Crippen LogP contribution < -0.4 is 9.47 Å². The summed E-state index contributed by atoms with van der Waals surface area (Å²) in [5, 5.41) is 0. The standard InChI is InChI=1S/C23H18O4/c1-25-18-13-7-6-12-17(18)22-23(27-22)20(24)16-11-5-8-14-19(16)26-21(23)15-9-3-2-4-10-15/h2-14,21-22H,1H3/t21-,22-,23-/m1/s1. The zero-order chi connectivity index (χ0) is 18.4. The van der Waals surface area contributed by atoms with Crippen LogP contribution in [-0.4, -0.2) is 18.5 Å². The van der Waals surface area contributed by atoms with E-state index in [1.165, 1.54) is 0 Å². The van der Waals surface area contributed by atoms with Crippen LogP contribution in [0.25, 0.3) is 0 Å². The number of carbonyl (C=O) groups is 1. The zero-order valence-corrected chi connectivity index (χ0v) is 14.8. The maximum Gasteiger partial charge on any atom is 0.205 e. The SMILES string of the molecule is COc1ccccc1[C@H]1O[C@@]12C(=O)c1ccccc1O[C@@H]2c1ccccc1. The van der Waals surface area contributed by atoms with Gasteiger partial charge >= 0.3 is 0 Å². The number of hydrogen-bond donors (Lipinski definition) is 0. The number of rotatable bonds is 3. The summed E-state index contributed by atoms with van der Waals surface area (Å²) in [6.45, 7) is 0. The Bertz CT molecular complexity index is 1010. The molecule has 2 heterocycles. The van der Waals surface area contributed by atoms with Crippen molar-refractivity contribution in [1.82, 2.24) is 0 Å². The van der Waals surface area contributed by atoms with Crippen LogP contribution in [0.1, 0.15) is 33.7 Å². The molecule has 0 saturated carbocycles. The van der Waals surface area contributed by atoms with E-state index in [2.05, 4.69) is 0 Å². The van der Waals surface area contributed by atoms with Crippen LogP contribution in [-0.2, 0) is 4.74 Å². The second kappa shape index (κ2) is 5.96. The van der Waals surface area contributed by atoms with Crippen LogP contribution in [0.3, 0.4) is 0 Å². The van der Waals surface area contributed by atoms with E-state index in [1.807, 2.05) is 72.8 Å². The molecule has 0 bridgehead atoms. The lowest BCUT2D eigenvalue weighted by Gasteiger charge is -2.31. The summed E-state index contributed by atoms with van der Waals surface area (Å²) in [6, 6.07) is 24.7. The number of fused-ring (bicyclic) bond motifs is 1. The number of benzene rings is 3. The smallest absolute Gasteiger partial charge is 0.205 e. The third-order valence-electron chi connectivity index (χ3n) is 5.29. The summed E-state index contributed by atoms with van der Waals surface area (Å²) < 4.78 is 18.0. The van der Waals surface area contributed by atoms with Gasteiger partial charge in [-0.3, -0.25) is 4.79 Å². The van der Waals surface area contributed by atoms with Gasteiger partial charge in [0.25, 0.3) is 0 Å². The Balaban J connectivity index is 1.66. The molecule has 0 unspecified atom stereocenters. The van der Waals surface area contributed by atoms with E-state index in [-0.39, 0.29) is 5.78 Å². The van der Waals surface area contributed by atoms with Crippen molar-refractivity contribution < 1.29 is 19.0 Å². The quantitative estimate of drug-likeness (QED) is 0.646. The maximum atomic E-state index is 13.5. The number of carbonyl (C=O) groups excluding carboxylic acids is 1. The zero-order valence-electron chi connectivity index (χ0n) is 14.8. The van der Waals surface area contributed by atoms with E-state index in [0.717, 1.165) is 11.1 Å². The van der Waals surface area contributed by atoms with Crippen molar-refractivity contribution in [3.8, 4) is 11.5 Å². The Morgan fingerprint density at radius 2 is 1.56 bits per heavy atom. The van der Waals surface area contributed by atoms with Crippen LogP contribution in [0.4, 0.5) is 0 Å². The highest BCUT2D eigenvalue weighted by atomic mass is 16.6. The van der Waals surface area contributed by atoms with Crippen molar-refractivity contribution in [2.45, 2.75) is 17.8 Å². The lowest BCUT2D eigenvalue weighted by atomic mass is 9.81. The van der Waals surface area contributed by atoms with Gasteiger partial charge < -0.3 is 14.2 Å². The lowest BCUT2D eigenvalue weighted by Crippen LogP contribution is -2.40. The van der Waals surface area contributed by atoms with Gasteiger partial charge in [0, 0.05) is 5.56 Å². The Hall–Kier alpha value is -3.11. The predicted octanol–water partition coefficient (Wildman–Crippen LogP) is 4.52. The van der Waals surface area contributed by atoms with E-state index >= 15 is 0 Å². The Kier molecular flexibility index (Phi) is 3.55. The molecule has 5 rings (SSSR count). The molecule has 3 aromatic rings. The van der Waals surface area contributed by atoms with Crippen LogP contribution >= 0.6 is 0 Å². The summed E-state index contributed by atoms with van der Waals surface area (Å²) in [5.74, 6) is 1.25. The van der Waals surface area contributed by atoms with Gasteiger partial charge in [-0.15, -0.1) is 0 Å². The Morgan fingerprint density at radius 3 is 2.37 bits per heavy atom. The fraction of sp³-hybridized carbons (Fsp3) is 0.174. The maximum absolute atomic E-state index is 13.5. The van der Waals surface area contributed by atoms with Gasteiger partial charge in [0.15, 0.2) is 6.10 Å². The minimum absolute atomic E-state index is 0.0471. The molecule has 1 spiro atoms. The highest BCUT2D eigenvalue weighted by molar-refractivity contribution is 6.08. The summed E-state index contributed by atoms with van der Waals surface area (Å²) in [4.78, 5) is 13.5. The monoisotopic (exact) mass is 358 g/mol. The molecule has 1 saturated heterocycles. The minimum atomic E-state index is -1.08. The lowest BCUT2D eigenvalue weighted by molar-refractivity contribution is 0.0523. The molecule has 0 aromatic heterocycles. The molecule has 0 amide bonds. The van der Waals surface area contributed by atoms with Crippen LogP contribution in [0, 0.1) is 0 Å². The molecular weight excluding hydrogens is 340 g/mol. The first-order valence-electron chi connectivity index (χ1n) is 8.92. The summed E-state index contributed by atoms with van der Waals surface area (Å²) in [7, 11) is 1.62. The van der Waals surface area contributed by atoms with Gasteiger partial charge in [-0.1, -0.05) is 60.7 Å². The molecule has 2 aliphatic heterocycles. The molecule has 134 valence electrons. The molecule has 0 N–H and O–H groups in total. The third-order valence-corrected chi connectivity index (χ3v) is 5.29. The Labute approximate surface area is 157 Å². The summed E-state index contributed by atoms with van der Waals surface area (Å²) >= 11 is 0. The fourth-order valence-corrected chi connectivity index (χ4v) is 3.95. The first-order chi connectivity index (χ1) is 13.3. The number of methoxy groups -OCH3 is 1.